The van der Waals surface area contributed by atoms with Gasteiger partial charge in [-0.05, 0) is 48.3 Å². The van der Waals surface area contributed by atoms with Crippen molar-refractivity contribution >= 4 is 61.8 Å². The van der Waals surface area contributed by atoms with Crippen LogP contribution in [0.2, 0.25) is 0 Å². The molecule has 0 fully saturated rings. The number of hydrogen-bond donors (Lipinski definition) is 0. The van der Waals surface area contributed by atoms with Gasteiger partial charge in [0.2, 0.25) is 0 Å². The molecular weight excluding hydrogens is 560 g/mol. The molecule has 0 amide bonds. The predicted octanol–water partition coefficient (Wildman–Crippen LogP) is 11.3. The molecule has 4 aromatic carbocycles. The van der Waals surface area contributed by atoms with Gasteiger partial charge < -0.3 is 12.2 Å². The first-order chi connectivity index (χ1) is 19.4. The quantitative estimate of drug-likeness (QED) is 0.162. The second kappa shape index (κ2) is 11.7. The van der Waals surface area contributed by atoms with Crippen LogP contribution >= 0.6 is 27.6 Å². The Kier molecular flexibility index (Phi) is 8.02. The molecule has 0 spiro atoms. The minimum atomic E-state index is -2.12. The Bertz CT molecular complexity index is 1560. The number of hydrogen-bond acceptors (Lipinski definition) is 3. The highest BCUT2D eigenvalue weighted by Gasteiger charge is 2.60. The van der Waals surface area contributed by atoms with E-state index in [1.165, 1.54) is 43.2 Å². The molecule has 4 aromatic rings. The van der Waals surface area contributed by atoms with Gasteiger partial charge in [-0.1, -0.05) is 145 Å². The lowest BCUT2D eigenvalue weighted by atomic mass is 9.87. The maximum Gasteiger partial charge on any atom is 0.129 e. The normalized spacial score (nSPS) is 24.2. The summed E-state index contributed by atoms with van der Waals surface area (Å²) >= 11 is 10.7. The first-order valence-corrected chi connectivity index (χ1v) is 19.1. The Balaban J connectivity index is 1.53. The second-order valence-corrected chi connectivity index (χ2v) is 21.5. The summed E-state index contributed by atoms with van der Waals surface area (Å²) in [6.07, 6.45) is 14.3. The van der Waals surface area contributed by atoms with Crippen LogP contribution in [0.15, 0.2) is 133 Å². The molecule has 0 saturated carbocycles. The fraction of sp³-hybridized carbons (Fsp3) is 0.111. The second-order valence-electron chi connectivity index (χ2n) is 10.4. The molecule has 0 aliphatic carbocycles. The summed E-state index contributed by atoms with van der Waals surface area (Å²) in [5.41, 5.74) is 7.45. The van der Waals surface area contributed by atoms with E-state index in [4.69, 9.17) is 12.2 Å². The van der Waals surface area contributed by atoms with Gasteiger partial charge in [0, 0.05) is 33.5 Å². The van der Waals surface area contributed by atoms with Crippen LogP contribution in [0.5, 0.6) is 0 Å². The topological polar surface area (TPSA) is 0 Å². The Hall–Kier alpha value is -2.68. The fourth-order valence-corrected chi connectivity index (χ4v) is 17.0. The van der Waals surface area contributed by atoms with Crippen molar-refractivity contribution in [1.29, 1.82) is 0 Å². The minimum Gasteiger partial charge on any atom is -0.530 e. The summed E-state index contributed by atoms with van der Waals surface area (Å²) in [5, 5.41) is -0.298. The molecule has 0 nitrogen and oxygen atoms in total. The van der Waals surface area contributed by atoms with E-state index in [1.807, 2.05) is 22.8 Å². The van der Waals surface area contributed by atoms with Crippen molar-refractivity contribution < 1.29 is 0 Å². The van der Waals surface area contributed by atoms with Crippen LogP contribution in [0, 0.1) is 19.8 Å². The van der Waals surface area contributed by atoms with Gasteiger partial charge in [0.25, 0.3) is 0 Å². The summed E-state index contributed by atoms with van der Waals surface area (Å²) in [5.74, 6) is 0.117. The third kappa shape index (κ3) is 5.58. The van der Waals surface area contributed by atoms with Crippen LogP contribution in [0.3, 0.4) is 0 Å². The maximum atomic E-state index is 6.84. The minimum absolute atomic E-state index is 0.117. The molecule has 0 radical (unpaired) electrons. The molecule has 3 unspecified atom stereocenters. The van der Waals surface area contributed by atoms with E-state index in [0.717, 1.165) is 0 Å². The summed E-state index contributed by atoms with van der Waals surface area (Å²) in [7, 11) is 0. The monoisotopic (exact) mass is 590 g/mol. The average molecular weight is 591 g/mol. The van der Waals surface area contributed by atoms with Gasteiger partial charge in [-0.15, -0.1) is 0 Å². The maximum absolute atomic E-state index is 6.84. The van der Waals surface area contributed by atoms with Crippen molar-refractivity contribution in [3.63, 3.8) is 0 Å². The molecule has 2 aliphatic heterocycles. The lowest BCUT2D eigenvalue weighted by Crippen LogP contribution is -2.32. The van der Waals surface area contributed by atoms with Crippen molar-refractivity contribution in [2.45, 2.75) is 19.0 Å². The first kappa shape index (κ1) is 27.5. The predicted molar refractivity (Wildman–Crippen MR) is 185 cm³/mol. The molecule has 4 heteroatoms. The molecule has 2 heterocycles. The number of aryl methyl sites for hydroxylation is 2. The van der Waals surface area contributed by atoms with Crippen LogP contribution in [0.1, 0.15) is 33.4 Å². The van der Waals surface area contributed by atoms with E-state index in [-0.39, 0.29) is 11.1 Å². The molecule has 0 bridgehead atoms. The van der Waals surface area contributed by atoms with E-state index in [9.17, 15) is 0 Å². The molecule has 0 N–H and O–H groups in total. The van der Waals surface area contributed by atoms with Crippen LogP contribution in [-0.2, 0) is 12.2 Å². The Labute approximate surface area is 252 Å². The zero-order chi connectivity index (χ0) is 27.6. The SMILES string of the molecule is Cc1ccc(C2=CC(/C=C/c3ccccc3)C3(/C=C/c4ccccc4)C=C(c4ccc(C)cc4)S[P+]3([S-])S2)cc1. The van der Waals surface area contributed by atoms with E-state index in [2.05, 4.69) is 159 Å². The lowest BCUT2D eigenvalue weighted by Gasteiger charge is -2.46. The fourth-order valence-electron chi connectivity index (χ4n) is 5.11. The Morgan fingerprint density at radius 2 is 1.15 bits per heavy atom. The van der Waals surface area contributed by atoms with E-state index in [1.54, 1.807) is 0 Å². The number of allylic oxidation sites excluding steroid dienone is 4. The zero-order valence-corrected chi connectivity index (χ0v) is 25.9. The molecule has 3 atom stereocenters. The average Bonchev–Trinajstić information content (AvgIpc) is 3.29. The van der Waals surface area contributed by atoms with Crippen molar-refractivity contribution in [2.75, 3.05) is 0 Å². The first-order valence-electron chi connectivity index (χ1n) is 13.5. The van der Waals surface area contributed by atoms with Gasteiger partial charge in [-0.3, -0.25) is 0 Å². The van der Waals surface area contributed by atoms with E-state index < -0.39 is 4.87 Å². The molecule has 0 aromatic heterocycles. The number of benzene rings is 4. The van der Waals surface area contributed by atoms with E-state index in [0.29, 0.717) is 0 Å². The standard InChI is InChI=1S/C36H31PS3/c1-27-13-18-31(19-14-27)34-25-33(22-17-29-9-5-3-6-10-29)36(24-23-30-11-7-4-8-12-30)26-35(40-37(36,38)39-34)32-20-15-28(2)16-21-32/h3-26,33H,1-2H3/b22-17+,24-23+. The van der Waals surface area contributed by atoms with Crippen LogP contribution in [0.25, 0.3) is 22.0 Å². The van der Waals surface area contributed by atoms with Gasteiger partial charge in [0.05, 0.1) is 9.81 Å². The van der Waals surface area contributed by atoms with Gasteiger partial charge in [-0.2, -0.15) is 0 Å². The molecule has 6 rings (SSSR count). The molecule has 0 saturated heterocycles. The summed E-state index contributed by atoms with van der Waals surface area (Å²) in [6, 6.07) is 39.0. The van der Waals surface area contributed by atoms with Crippen molar-refractivity contribution in [1.82, 2.24) is 0 Å². The summed E-state index contributed by atoms with van der Waals surface area (Å²) in [6.45, 7) is 4.28. The molecule has 40 heavy (non-hydrogen) atoms. The Morgan fingerprint density at radius 3 is 1.73 bits per heavy atom. The van der Waals surface area contributed by atoms with Crippen LogP contribution in [0.4, 0.5) is 0 Å². The van der Waals surface area contributed by atoms with Gasteiger partial charge in [-0.25, -0.2) is 0 Å². The zero-order valence-electron chi connectivity index (χ0n) is 22.6. The van der Waals surface area contributed by atoms with Crippen LogP contribution < -0.4 is 0 Å². The van der Waals surface area contributed by atoms with Crippen molar-refractivity contribution in [3.8, 4) is 0 Å². The van der Waals surface area contributed by atoms with Crippen LogP contribution in [-0.4, -0.2) is 5.16 Å². The highest BCUT2D eigenvalue weighted by molar-refractivity contribution is 9.15. The van der Waals surface area contributed by atoms with Crippen molar-refractivity contribution in [3.05, 3.63) is 167 Å². The highest BCUT2D eigenvalue weighted by atomic mass is 33.4. The molecule has 198 valence electrons. The largest absolute Gasteiger partial charge is 0.530 e. The van der Waals surface area contributed by atoms with Crippen molar-refractivity contribution in [2.24, 2.45) is 5.92 Å². The number of fused-ring (bicyclic) bond motifs is 1. The van der Waals surface area contributed by atoms with Gasteiger partial charge in [0.15, 0.2) is 0 Å². The smallest absolute Gasteiger partial charge is 0.129 e. The molecule has 2 aliphatic rings. The van der Waals surface area contributed by atoms with Gasteiger partial charge in [0.1, 0.15) is 5.16 Å². The number of rotatable bonds is 6. The lowest BCUT2D eigenvalue weighted by molar-refractivity contribution is 0.730. The third-order valence-electron chi connectivity index (χ3n) is 7.45. The highest BCUT2D eigenvalue weighted by Crippen LogP contribution is 2.95. The van der Waals surface area contributed by atoms with E-state index >= 15 is 0 Å². The Morgan fingerprint density at radius 1 is 0.650 bits per heavy atom. The third-order valence-corrected chi connectivity index (χ3v) is 18.7. The van der Waals surface area contributed by atoms with Gasteiger partial charge >= 0.3 is 0 Å². The summed E-state index contributed by atoms with van der Waals surface area (Å²) in [4.78, 5) is 0.470. The summed E-state index contributed by atoms with van der Waals surface area (Å²) < 4.78 is 0. The molecular formula is C36H31PS3.